The number of nitrogens with zero attached hydrogens (tertiary/aromatic N) is 1. The summed E-state index contributed by atoms with van der Waals surface area (Å²) >= 11 is 0. The van der Waals surface area contributed by atoms with E-state index >= 15 is 0 Å². The van der Waals surface area contributed by atoms with Crippen LogP contribution >= 0.6 is 0 Å². The van der Waals surface area contributed by atoms with Crippen LogP contribution in [0.25, 0.3) is 0 Å². The first-order chi connectivity index (χ1) is 9.99. The van der Waals surface area contributed by atoms with Crippen molar-refractivity contribution < 1.29 is 23.5 Å². The predicted octanol–water partition coefficient (Wildman–Crippen LogP) is 1.90. The summed E-state index contributed by atoms with van der Waals surface area (Å²) in [5, 5.41) is 11.1. The van der Waals surface area contributed by atoms with Gasteiger partial charge in [0.25, 0.3) is 0 Å². The van der Waals surface area contributed by atoms with E-state index in [0.717, 1.165) is 12.1 Å². The second kappa shape index (κ2) is 6.51. The molecule has 1 aliphatic heterocycles. The number of urea groups is 1. The second-order valence-corrected chi connectivity index (χ2v) is 4.89. The zero-order valence-electron chi connectivity index (χ0n) is 11.4. The van der Waals surface area contributed by atoms with Gasteiger partial charge < -0.3 is 15.3 Å². The Morgan fingerprint density at radius 3 is 2.57 bits per heavy atom. The SMILES string of the molecule is O=C(O)CCCNC(=O)N1CCc2c(F)ccc(F)c2C1. The maximum atomic E-state index is 13.7. The number of halogens is 2. The number of carbonyl (C=O) groups is 2. The van der Waals surface area contributed by atoms with Crippen LogP contribution in [0.4, 0.5) is 13.6 Å². The fourth-order valence-electron chi connectivity index (χ4n) is 2.31. The molecule has 0 aromatic heterocycles. The number of hydrogen-bond donors (Lipinski definition) is 2. The molecule has 0 aliphatic carbocycles. The molecule has 114 valence electrons. The molecule has 2 rings (SSSR count). The largest absolute Gasteiger partial charge is 0.481 e. The number of carboxylic acids is 1. The molecule has 0 bridgehead atoms. The van der Waals surface area contributed by atoms with Gasteiger partial charge in [-0.3, -0.25) is 4.79 Å². The maximum absolute atomic E-state index is 13.7. The summed E-state index contributed by atoms with van der Waals surface area (Å²) in [5.41, 5.74) is 0.534. The number of hydrogen-bond acceptors (Lipinski definition) is 2. The lowest BCUT2D eigenvalue weighted by molar-refractivity contribution is -0.137. The third kappa shape index (κ3) is 3.68. The van der Waals surface area contributed by atoms with Gasteiger partial charge >= 0.3 is 12.0 Å². The summed E-state index contributed by atoms with van der Waals surface area (Å²) in [7, 11) is 0. The van der Waals surface area contributed by atoms with Gasteiger partial charge in [0.2, 0.25) is 0 Å². The zero-order chi connectivity index (χ0) is 15.4. The summed E-state index contributed by atoms with van der Waals surface area (Å²) in [6, 6.07) is 1.76. The van der Waals surface area contributed by atoms with E-state index in [0.29, 0.717) is 18.5 Å². The molecule has 21 heavy (non-hydrogen) atoms. The average Bonchev–Trinajstić information content (AvgIpc) is 2.47. The van der Waals surface area contributed by atoms with Crippen LogP contribution in [-0.4, -0.2) is 35.1 Å². The van der Waals surface area contributed by atoms with E-state index in [-0.39, 0.29) is 31.5 Å². The Morgan fingerprint density at radius 2 is 1.90 bits per heavy atom. The Morgan fingerprint density at radius 1 is 1.24 bits per heavy atom. The Labute approximate surface area is 120 Å². The molecule has 0 atom stereocenters. The summed E-state index contributed by atoms with van der Waals surface area (Å²) < 4.78 is 27.3. The number of aliphatic carboxylic acids is 1. The zero-order valence-corrected chi connectivity index (χ0v) is 11.4. The van der Waals surface area contributed by atoms with E-state index in [1.807, 2.05) is 0 Å². The topological polar surface area (TPSA) is 69.6 Å². The lowest BCUT2D eigenvalue weighted by Gasteiger charge is -2.29. The van der Waals surface area contributed by atoms with E-state index in [9.17, 15) is 18.4 Å². The third-order valence-corrected chi connectivity index (χ3v) is 3.43. The van der Waals surface area contributed by atoms with Gasteiger partial charge in [-0.25, -0.2) is 13.6 Å². The molecule has 7 heteroatoms. The molecule has 2 amide bonds. The number of amides is 2. The molecular formula is C14H16F2N2O3. The molecule has 1 aromatic carbocycles. The molecule has 2 N–H and O–H groups in total. The van der Waals surface area contributed by atoms with Crippen molar-refractivity contribution >= 4 is 12.0 Å². The molecule has 0 radical (unpaired) electrons. The molecule has 1 aromatic rings. The van der Waals surface area contributed by atoms with E-state index in [2.05, 4.69) is 5.32 Å². The third-order valence-electron chi connectivity index (χ3n) is 3.43. The Hall–Kier alpha value is -2.18. The molecule has 0 saturated heterocycles. The Bertz CT molecular complexity index is 563. The molecule has 0 spiro atoms. The Balaban J connectivity index is 1.93. The standard InChI is InChI=1S/C14H16F2N2O3/c15-11-3-4-12(16)10-8-18(7-5-9(10)11)14(21)17-6-1-2-13(19)20/h3-4H,1-2,5-8H2,(H,17,21)(H,19,20). The molecule has 0 unspecified atom stereocenters. The van der Waals surface area contributed by atoms with Gasteiger partial charge in [-0.2, -0.15) is 0 Å². The normalized spacial score (nSPS) is 13.7. The minimum Gasteiger partial charge on any atom is -0.481 e. The van der Waals surface area contributed by atoms with Crippen LogP contribution in [0.2, 0.25) is 0 Å². The molecule has 1 heterocycles. The van der Waals surface area contributed by atoms with Crippen molar-refractivity contribution in [1.29, 1.82) is 0 Å². The van der Waals surface area contributed by atoms with E-state index in [1.165, 1.54) is 4.90 Å². The van der Waals surface area contributed by atoms with Gasteiger partial charge in [0, 0.05) is 25.1 Å². The van der Waals surface area contributed by atoms with Crippen LogP contribution in [0.15, 0.2) is 12.1 Å². The van der Waals surface area contributed by atoms with Crippen molar-refractivity contribution in [2.24, 2.45) is 0 Å². The van der Waals surface area contributed by atoms with E-state index in [1.54, 1.807) is 0 Å². The van der Waals surface area contributed by atoms with Crippen LogP contribution in [0.3, 0.4) is 0 Å². The van der Waals surface area contributed by atoms with Crippen LogP contribution in [0.5, 0.6) is 0 Å². The Kier molecular flexibility index (Phi) is 4.72. The predicted molar refractivity (Wildman–Crippen MR) is 70.7 cm³/mol. The number of carbonyl (C=O) groups excluding carboxylic acids is 1. The van der Waals surface area contributed by atoms with Gasteiger partial charge in [0.05, 0.1) is 6.54 Å². The number of rotatable bonds is 4. The molecule has 0 saturated carbocycles. The molecule has 0 fully saturated rings. The smallest absolute Gasteiger partial charge is 0.317 e. The van der Waals surface area contributed by atoms with Crippen molar-refractivity contribution in [1.82, 2.24) is 10.2 Å². The number of nitrogens with one attached hydrogen (secondary N) is 1. The van der Waals surface area contributed by atoms with Crippen molar-refractivity contribution in [2.75, 3.05) is 13.1 Å². The van der Waals surface area contributed by atoms with E-state index in [4.69, 9.17) is 5.11 Å². The molecule has 1 aliphatic rings. The van der Waals surface area contributed by atoms with Gasteiger partial charge in [-0.1, -0.05) is 0 Å². The summed E-state index contributed by atoms with van der Waals surface area (Å²) in [4.78, 5) is 23.6. The van der Waals surface area contributed by atoms with Crippen molar-refractivity contribution in [2.45, 2.75) is 25.8 Å². The lowest BCUT2D eigenvalue weighted by Crippen LogP contribution is -2.43. The van der Waals surface area contributed by atoms with Gasteiger partial charge in [-0.15, -0.1) is 0 Å². The quantitative estimate of drug-likeness (QED) is 0.834. The first kappa shape index (κ1) is 15.2. The minimum absolute atomic E-state index is 0.0176. The lowest BCUT2D eigenvalue weighted by atomic mass is 9.99. The highest BCUT2D eigenvalue weighted by atomic mass is 19.1. The molecule has 5 nitrogen and oxygen atoms in total. The number of benzene rings is 1. The van der Waals surface area contributed by atoms with Crippen LogP contribution < -0.4 is 5.32 Å². The molecular weight excluding hydrogens is 282 g/mol. The highest BCUT2D eigenvalue weighted by Gasteiger charge is 2.25. The first-order valence-corrected chi connectivity index (χ1v) is 6.69. The highest BCUT2D eigenvalue weighted by Crippen LogP contribution is 2.24. The van der Waals surface area contributed by atoms with Crippen LogP contribution in [0, 0.1) is 11.6 Å². The minimum atomic E-state index is -0.923. The van der Waals surface area contributed by atoms with Crippen LogP contribution in [-0.2, 0) is 17.8 Å². The highest BCUT2D eigenvalue weighted by molar-refractivity contribution is 5.74. The van der Waals surface area contributed by atoms with Crippen molar-refractivity contribution in [3.05, 3.63) is 34.9 Å². The first-order valence-electron chi connectivity index (χ1n) is 6.69. The van der Waals surface area contributed by atoms with Gasteiger partial charge in [0.1, 0.15) is 11.6 Å². The van der Waals surface area contributed by atoms with Crippen molar-refractivity contribution in [3.8, 4) is 0 Å². The monoisotopic (exact) mass is 298 g/mol. The summed E-state index contributed by atoms with van der Waals surface area (Å²) in [6.07, 6.45) is 0.568. The number of carboxylic acid groups (broad SMARTS) is 1. The fraction of sp³-hybridized carbons (Fsp3) is 0.429. The summed E-state index contributed by atoms with van der Waals surface area (Å²) in [5.74, 6) is -1.89. The second-order valence-electron chi connectivity index (χ2n) is 4.89. The summed E-state index contributed by atoms with van der Waals surface area (Å²) in [6.45, 7) is 0.557. The van der Waals surface area contributed by atoms with E-state index < -0.39 is 23.6 Å². The average molecular weight is 298 g/mol. The fourth-order valence-corrected chi connectivity index (χ4v) is 2.31. The van der Waals surface area contributed by atoms with Crippen molar-refractivity contribution in [3.63, 3.8) is 0 Å². The van der Waals surface area contributed by atoms with Gasteiger partial charge in [-0.05, 0) is 30.5 Å². The van der Waals surface area contributed by atoms with Crippen LogP contribution in [0.1, 0.15) is 24.0 Å². The number of fused-ring (bicyclic) bond motifs is 1. The maximum Gasteiger partial charge on any atom is 0.317 e. The van der Waals surface area contributed by atoms with Gasteiger partial charge in [0.15, 0.2) is 0 Å².